The first-order chi connectivity index (χ1) is 14.0. The van der Waals surface area contributed by atoms with E-state index in [1.54, 1.807) is 42.6 Å². The van der Waals surface area contributed by atoms with Crippen molar-refractivity contribution in [1.82, 2.24) is 14.5 Å². The van der Waals surface area contributed by atoms with Gasteiger partial charge in [0.15, 0.2) is 4.90 Å². The molecule has 0 radical (unpaired) electrons. The predicted octanol–water partition coefficient (Wildman–Crippen LogP) is 3.53. The average Bonchev–Trinajstić information content (AvgIpc) is 3.13. The molecule has 146 valence electrons. The van der Waals surface area contributed by atoms with Gasteiger partial charge in [0.05, 0.1) is 29.8 Å². The Labute approximate surface area is 169 Å². The van der Waals surface area contributed by atoms with Crippen molar-refractivity contribution < 1.29 is 19.2 Å². The highest BCUT2D eigenvalue weighted by molar-refractivity contribution is 7.91. The van der Waals surface area contributed by atoms with Crippen LogP contribution in [-0.2, 0) is 11.2 Å². The molecular weight excluding hydrogens is 390 g/mol. The number of aromatic carboxylic acids is 1. The third-order valence-electron chi connectivity index (χ3n) is 4.58. The SMILES string of the molecule is COc1cccc(-c2cnc(-n3cc([S+](C)[O-])c4ccc(C(=O)O)cc43)nc2)c1. The first kappa shape index (κ1) is 19.0. The topological polar surface area (TPSA) is 100 Å². The van der Waals surface area contributed by atoms with Crippen molar-refractivity contribution in [2.75, 3.05) is 13.4 Å². The maximum atomic E-state index is 12.2. The fourth-order valence-electron chi connectivity index (χ4n) is 3.12. The lowest BCUT2D eigenvalue weighted by Gasteiger charge is -2.07. The molecule has 2 aromatic heterocycles. The summed E-state index contributed by atoms with van der Waals surface area (Å²) in [6, 6.07) is 12.3. The van der Waals surface area contributed by atoms with Crippen molar-refractivity contribution in [2.45, 2.75) is 4.90 Å². The second-order valence-corrected chi connectivity index (χ2v) is 7.71. The minimum absolute atomic E-state index is 0.137. The van der Waals surface area contributed by atoms with Gasteiger partial charge in [-0.25, -0.2) is 14.8 Å². The molecule has 0 bridgehead atoms. The van der Waals surface area contributed by atoms with Gasteiger partial charge in [0.2, 0.25) is 5.95 Å². The Morgan fingerprint density at radius 3 is 2.55 bits per heavy atom. The normalized spacial score (nSPS) is 12.1. The van der Waals surface area contributed by atoms with Crippen LogP contribution in [-0.4, -0.2) is 43.5 Å². The zero-order valence-electron chi connectivity index (χ0n) is 15.7. The van der Waals surface area contributed by atoms with E-state index in [2.05, 4.69) is 9.97 Å². The standard InChI is InChI=1S/C21H17N3O4S/c1-28-16-5-3-4-13(8-16)15-10-22-21(23-11-15)24-12-19(29(2)27)17-7-6-14(20(25)26)9-18(17)24/h3-12H,1-2H3,(H,25,26). The molecule has 0 spiro atoms. The molecule has 1 unspecified atom stereocenters. The van der Waals surface area contributed by atoms with E-state index >= 15 is 0 Å². The minimum atomic E-state index is -1.25. The van der Waals surface area contributed by atoms with Gasteiger partial charge in [-0.15, -0.1) is 0 Å². The first-order valence-electron chi connectivity index (χ1n) is 8.66. The average molecular weight is 407 g/mol. The third kappa shape index (κ3) is 3.55. The van der Waals surface area contributed by atoms with Gasteiger partial charge in [-0.1, -0.05) is 12.1 Å². The number of ether oxygens (including phenoxy) is 1. The lowest BCUT2D eigenvalue weighted by molar-refractivity contribution is 0.0697. The van der Waals surface area contributed by atoms with Crippen molar-refractivity contribution in [2.24, 2.45) is 0 Å². The minimum Gasteiger partial charge on any atom is -0.612 e. The number of hydrogen-bond donors (Lipinski definition) is 1. The van der Waals surface area contributed by atoms with Crippen LogP contribution in [0, 0.1) is 0 Å². The van der Waals surface area contributed by atoms with Crippen LogP contribution < -0.4 is 4.74 Å². The Morgan fingerprint density at radius 1 is 1.14 bits per heavy atom. The number of carbonyl (C=O) groups is 1. The molecule has 4 aromatic rings. The largest absolute Gasteiger partial charge is 0.612 e. The Bertz CT molecular complexity index is 1200. The van der Waals surface area contributed by atoms with Crippen LogP contribution in [0.5, 0.6) is 5.75 Å². The molecule has 7 nitrogen and oxygen atoms in total. The summed E-state index contributed by atoms with van der Waals surface area (Å²) in [4.78, 5) is 20.9. The Kier molecular flexibility index (Phi) is 4.96. The van der Waals surface area contributed by atoms with Crippen molar-refractivity contribution in [3.8, 4) is 22.8 Å². The summed E-state index contributed by atoms with van der Waals surface area (Å²) in [5.74, 6) is 0.0632. The smallest absolute Gasteiger partial charge is 0.335 e. The van der Waals surface area contributed by atoms with Gasteiger partial charge in [0.25, 0.3) is 0 Å². The lowest BCUT2D eigenvalue weighted by Crippen LogP contribution is -2.01. The molecule has 0 aliphatic heterocycles. The molecule has 1 N–H and O–H groups in total. The van der Waals surface area contributed by atoms with E-state index in [1.807, 2.05) is 24.3 Å². The van der Waals surface area contributed by atoms with Crippen molar-refractivity contribution >= 4 is 28.0 Å². The molecular formula is C21H17N3O4S. The highest BCUT2D eigenvalue weighted by atomic mass is 32.2. The van der Waals surface area contributed by atoms with Gasteiger partial charge in [0, 0.05) is 18.0 Å². The van der Waals surface area contributed by atoms with Gasteiger partial charge in [-0.05, 0) is 47.1 Å². The Balaban J connectivity index is 1.81. The van der Waals surface area contributed by atoms with Crippen LogP contribution in [0.25, 0.3) is 28.0 Å². The molecule has 2 heterocycles. The molecule has 0 saturated carbocycles. The summed E-state index contributed by atoms with van der Waals surface area (Å²) >= 11 is -1.25. The summed E-state index contributed by atoms with van der Waals surface area (Å²) in [7, 11) is 1.61. The summed E-state index contributed by atoms with van der Waals surface area (Å²) in [6.45, 7) is 0. The number of nitrogens with zero attached hydrogens (tertiary/aromatic N) is 3. The van der Waals surface area contributed by atoms with Gasteiger partial charge in [-0.3, -0.25) is 4.57 Å². The van der Waals surface area contributed by atoms with E-state index in [4.69, 9.17) is 4.74 Å². The highest BCUT2D eigenvalue weighted by Crippen LogP contribution is 2.29. The number of carboxylic acid groups (broad SMARTS) is 1. The van der Waals surface area contributed by atoms with Gasteiger partial charge in [0.1, 0.15) is 12.0 Å². The van der Waals surface area contributed by atoms with E-state index in [0.29, 0.717) is 21.7 Å². The molecule has 2 aromatic carbocycles. The van der Waals surface area contributed by atoms with Crippen LogP contribution in [0.2, 0.25) is 0 Å². The van der Waals surface area contributed by atoms with Gasteiger partial charge in [-0.2, -0.15) is 0 Å². The molecule has 0 aliphatic rings. The zero-order chi connectivity index (χ0) is 20.5. The quantitative estimate of drug-likeness (QED) is 0.508. The number of aromatic nitrogens is 3. The van der Waals surface area contributed by atoms with Crippen LogP contribution in [0.3, 0.4) is 0 Å². The highest BCUT2D eigenvalue weighted by Gasteiger charge is 2.19. The monoisotopic (exact) mass is 407 g/mol. The van der Waals surface area contributed by atoms with E-state index in [1.165, 1.54) is 12.1 Å². The summed E-state index contributed by atoms with van der Waals surface area (Å²) < 4.78 is 19.1. The maximum Gasteiger partial charge on any atom is 0.335 e. The van der Waals surface area contributed by atoms with E-state index < -0.39 is 17.1 Å². The number of hydrogen-bond acceptors (Lipinski definition) is 5. The van der Waals surface area contributed by atoms with Crippen LogP contribution in [0.1, 0.15) is 10.4 Å². The van der Waals surface area contributed by atoms with E-state index in [0.717, 1.165) is 16.9 Å². The third-order valence-corrected chi connectivity index (χ3v) is 5.53. The number of methoxy groups -OCH3 is 1. The van der Waals surface area contributed by atoms with Crippen LogP contribution in [0.4, 0.5) is 0 Å². The van der Waals surface area contributed by atoms with Crippen molar-refractivity contribution in [3.63, 3.8) is 0 Å². The number of carboxylic acids is 1. The zero-order valence-corrected chi connectivity index (χ0v) is 16.5. The molecule has 0 fully saturated rings. The molecule has 0 amide bonds. The molecule has 29 heavy (non-hydrogen) atoms. The molecule has 0 aliphatic carbocycles. The van der Waals surface area contributed by atoms with Crippen LogP contribution >= 0.6 is 0 Å². The second kappa shape index (κ2) is 7.57. The Morgan fingerprint density at radius 2 is 1.90 bits per heavy atom. The summed E-state index contributed by atoms with van der Waals surface area (Å²) in [5.41, 5.74) is 2.45. The lowest BCUT2D eigenvalue weighted by atomic mass is 10.1. The fraction of sp³-hybridized carbons (Fsp3) is 0.0952. The summed E-state index contributed by atoms with van der Waals surface area (Å²) in [5, 5.41) is 10.0. The van der Waals surface area contributed by atoms with E-state index in [-0.39, 0.29) is 5.56 Å². The van der Waals surface area contributed by atoms with Gasteiger partial charge >= 0.3 is 5.97 Å². The number of fused-ring (bicyclic) bond motifs is 1. The molecule has 0 saturated heterocycles. The van der Waals surface area contributed by atoms with Crippen molar-refractivity contribution in [1.29, 1.82) is 0 Å². The first-order valence-corrected chi connectivity index (χ1v) is 10.2. The van der Waals surface area contributed by atoms with Gasteiger partial charge < -0.3 is 14.4 Å². The molecule has 8 heteroatoms. The van der Waals surface area contributed by atoms with Crippen molar-refractivity contribution in [3.05, 3.63) is 66.6 Å². The predicted molar refractivity (Wildman–Crippen MR) is 110 cm³/mol. The fourth-order valence-corrected chi connectivity index (χ4v) is 3.86. The van der Waals surface area contributed by atoms with Crippen LogP contribution in [0.15, 0.2) is 66.0 Å². The molecule has 4 rings (SSSR count). The number of rotatable bonds is 5. The molecule has 1 atom stereocenters. The van der Waals surface area contributed by atoms with E-state index in [9.17, 15) is 14.5 Å². The second-order valence-electron chi connectivity index (χ2n) is 6.36. The number of benzene rings is 2. The maximum absolute atomic E-state index is 12.2. The summed E-state index contributed by atoms with van der Waals surface area (Å²) in [6.07, 6.45) is 6.64. The Hall–Kier alpha value is -3.36.